The lowest BCUT2D eigenvalue weighted by molar-refractivity contribution is -0.142. The molecule has 0 fully saturated rings. The van der Waals surface area contributed by atoms with Gasteiger partial charge in [0.1, 0.15) is 5.75 Å². The summed E-state index contributed by atoms with van der Waals surface area (Å²) in [5, 5.41) is 12.4. The zero-order valence-electron chi connectivity index (χ0n) is 26.8. The van der Waals surface area contributed by atoms with Gasteiger partial charge in [-0.3, -0.25) is 9.59 Å². The Morgan fingerprint density at radius 1 is 1.26 bits per heavy atom. The Balaban J connectivity index is 1.94. The van der Waals surface area contributed by atoms with Gasteiger partial charge in [0.15, 0.2) is 5.03 Å². The summed E-state index contributed by atoms with van der Waals surface area (Å²) < 4.78 is 79.4. The molecule has 1 aliphatic rings. The van der Waals surface area contributed by atoms with Crippen LogP contribution < -0.4 is 10.1 Å². The van der Waals surface area contributed by atoms with Crippen LogP contribution in [0.3, 0.4) is 0 Å². The molecule has 2 amide bonds. The third-order valence-electron chi connectivity index (χ3n) is 7.76. The number of ether oxygens (including phenoxy) is 2. The molecule has 0 radical (unpaired) electrons. The number of nitrogens with one attached hydrogen (secondary N) is 1. The number of anilines is 1. The molecule has 0 bridgehead atoms. The number of alkyl halides is 3. The fourth-order valence-corrected chi connectivity index (χ4v) is 6.12. The molecule has 0 aliphatic carbocycles. The van der Waals surface area contributed by atoms with E-state index >= 15 is 0 Å². The van der Waals surface area contributed by atoms with Gasteiger partial charge >= 0.3 is 6.18 Å². The molecule has 4 atom stereocenters. The molecule has 0 unspecified atom stereocenters. The molecule has 2 heterocycles. The first-order valence-corrected chi connectivity index (χ1v) is 16.6. The monoisotopic (exact) mass is 675 g/mol. The first-order valence-electron chi connectivity index (χ1n) is 15.2. The predicted octanol–water partition coefficient (Wildman–Crippen LogP) is 3.82. The van der Waals surface area contributed by atoms with E-state index < -0.39 is 65.5 Å². The Labute approximate surface area is 267 Å². The van der Waals surface area contributed by atoms with Crippen molar-refractivity contribution < 1.29 is 45.8 Å². The van der Waals surface area contributed by atoms with E-state index in [2.05, 4.69) is 10.3 Å². The number of nitrogens with zero attached hydrogens (tertiary/aromatic N) is 4. The van der Waals surface area contributed by atoms with Crippen molar-refractivity contribution in [3.63, 3.8) is 0 Å². The Kier molecular flexibility index (Phi) is 13.0. The molecule has 258 valence electrons. The van der Waals surface area contributed by atoms with E-state index in [-0.39, 0.29) is 41.2 Å². The number of sulfonamides is 1. The topological polar surface area (TPSA) is 143 Å². The minimum absolute atomic E-state index is 0.0280. The Morgan fingerprint density at radius 3 is 2.61 bits per heavy atom. The summed E-state index contributed by atoms with van der Waals surface area (Å²) in [5.41, 5.74) is 0.168. The van der Waals surface area contributed by atoms with Crippen molar-refractivity contribution in [2.75, 3.05) is 38.7 Å². The van der Waals surface area contributed by atoms with E-state index in [1.807, 2.05) is 13.8 Å². The zero-order chi connectivity index (χ0) is 34.2. The third-order valence-corrected chi connectivity index (χ3v) is 9.47. The Hall–Kier alpha value is -3.21. The third kappa shape index (κ3) is 10.4. The molecule has 0 saturated heterocycles. The van der Waals surface area contributed by atoms with Crippen LogP contribution in [0.1, 0.15) is 63.2 Å². The van der Waals surface area contributed by atoms with Gasteiger partial charge in [-0.05, 0) is 51.3 Å². The Morgan fingerprint density at radius 2 is 1.98 bits per heavy atom. The van der Waals surface area contributed by atoms with Crippen molar-refractivity contribution >= 4 is 27.5 Å². The van der Waals surface area contributed by atoms with Gasteiger partial charge in [-0.2, -0.15) is 17.5 Å². The fraction of sp³-hybridized carbons (Fsp3) is 0.633. The van der Waals surface area contributed by atoms with Crippen LogP contribution in [0.15, 0.2) is 35.7 Å². The molecule has 16 heteroatoms. The van der Waals surface area contributed by atoms with Crippen molar-refractivity contribution in [1.29, 1.82) is 0 Å². The summed E-state index contributed by atoms with van der Waals surface area (Å²) >= 11 is 0. The van der Waals surface area contributed by atoms with Crippen molar-refractivity contribution in [3.05, 3.63) is 36.3 Å². The van der Waals surface area contributed by atoms with E-state index in [1.165, 1.54) is 51.5 Å². The number of aliphatic hydroxyl groups excluding tert-OH is 1. The second-order valence-corrected chi connectivity index (χ2v) is 13.8. The summed E-state index contributed by atoms with van der Waals surface area (Å²) in [6.45, 7) is 5.28. The molecule has 1 aromatic heterocycles. The number of benzene rings is 1. The highest BCUT2D eigenvalue weighted by Crippen LogP contribution is 2.29. The number of rotatable bonds is 9. The lowest BCUT2D eigenvalue weighted by Crippen LogP contribution is -2.48. The van der Waals surface area contributed by atoms with Crippen LogP contribution in [0, 0.1) is 5.92 Å². The van der Waals surface area contributed by atoms with Gasteiger partial charge in [0.25, 0.3) is 15.9 Å². The number of aryl methyl sites for hydroxylation is 1. The summed E-state index contributed by atoms with van der Waals surface area (Å²) in [4.78, 5) is 31.8. The molecule has 46 heavy (non-hydrogen) atoms. The van der Waals surface area contributed by atoms with E-state index in [4.69, 9.17) is 9.47 Å². The summed E-state index contributed by atoms with van der Waals surface area (Å²) in [6, 6.07) is 3.61. The van der Waals surface area contributed by atoms with Crippen LogP contribution in [-0.2, 0) is 26.6 Å². The molecule has 12 nitrogen and oxygen atoms in total. The normalized spacial score (nSPS) is 21.3. The number of fused-ring (bicyclic) bond motifs is 1. The first kappa shape index (κ1) is 37.2. The standard InChI is InChI=1S/C30H44F3N5O7S/c1-20-15-38(21(2)18-39)29(41)24-14-23(35-27(40)11-12-30(31,32)33)9-10-25(24)45-22(3)8-6-7-13-44-26(20)16-37(5)46(42,43)28-17-36(4)19-34-28/h9-10,14,17,19-22,26,39H,6-8,11-13,15-16,18H2,1-5H3,(H,35,40)/t20-,21-,22+,26+/m0/s1. The molecular formula is C30H44F3N5O7S. The molecular weight excluding hydrogens is 631 g/mol. The van der Waals surface area contributed by atoms with Crippen LogP contribution >= 0.6 is 0 Å². The number of aromatic nitrogens is 2. The zero-order valence-corrected chi connectivity index (χ0v) is 27.6. The maximum atomic E-state index is 14.1. The van der Waals surface area contributed by atoms with E-state index in [0.29, 0.717) is 25.9 Å². The molecule has 0 saturated carbocycles. The minimum atomic E-state index is -4.49. The van der Waals surface area contributed by atoms with Crippen molar-refractivity contribution in [2.24, 2.45) is 13.0 Å². The maximum Gasteiger partial charge on any atom is 0.389 e. The second kappa shape index (κ2) is 16.1. The lowest BCUT2D eigenvalue weighted by Gasteiger charge is -2.35. The average molecular weight is 676 g/mol. The number of aliphatic hydroxyl groups is 1. The first-order chi connectivity index (χ1) is 21.5. The Bertz CT molecular complexity index is 1440. The average Bonchev–Trinajstić information content (AvgIpc) is 3.44. The van der Waals surface area contributed by atoms with Gasteiger partial charge in [-0.15, -0.1) is 0 Å². The number of hydrogen-bond acceptors (Lipinski definition) is 8. The fourth-order valence-electron chi connectivity index (χ4n) is 4.97. The number of carbonyl (C=O) groups excluding carboxylic acids is 2. The SMILES string of the molecule is C[C@@H]1CCCCO[C@H](CN(C)S(=O)(=O)c2cn(C)cn2)[C@@H](C)CN([C@@H](C)CO)C(=O)c2cc(NC(=O)CCC(F)(F)F)ccc2O1. The lowest BCUT2D eigenvalue weighted by atomic mass is 10.0. The molecule has 1 aliphatic heterocycles. The number of imidazole rings is 1. The number of hydrogen-bond donors (Lipinski definition) is 2. The van der Waals surface area contributed by atoms with Crippen LogP contribution in [-0.4, -0.2) is 102 Å². The number of amides is 2. The van der Waals surface area contributed by atoms with Crippen molar-refractivity contribution in [2.45, 2.75) is 82.3 Å². The van der Waals surface area contributed by atoms with Gasteiger partial charge in [0.05, 0.1) is 43.2 Å². The molecule has 1 aromatic carbocycles. The van der Waals surface area contributed by atoms with Crippen LogP contribution in [0.2, 0.25) is 0 Å². The van der Waals surface area contributed by atoms with Gasteiger partial charge in [0, 0.05) is 58.0 Å². The van der Waals surface area contributed by atoms with E-state index in [9.17, 15) is 36.3 Å². The minimum Gasteiger partial charge on any atom is -0.490 e. The van der Waals surface area contributed by atoms with Crippen molar-refractivity contribution in [1.82, 2.24) is 18.8 Å². The van der Waals surface area contributed by atoms with Crippen molar-refractivity contribution in [3.8, 4) is 5.75 Å². The van der Waals surface area contributed by atoms with Gasteiger partial charge in [0.2, 0.25) is 5.91 Å². The predicted molar refractivity (Wildman–Crippen MR) is 164 cm³/mol. The largest absolute Gasteiger partial charge is 0.490 e. The summed E-state index contributed by atoms with van der Waals surface area (Å²) in [6.07, 6.45) is -2.74. The van der Waals surface area contributed by atoms with Gasteiger partial charge in [-0.1, -0.05) is 6.92 Å². The van der Waals surface area contributed by atoms with Gasteiger partial charge in [-0.25, -0.2) is 13.4 Å². The number of halogens is 3. The smallest absolute Gasteiger partial charge is 0.389 e. The molecule has 3 rings (SSSR count). The second-order valence-electron chi connectivity index (χ2n) is 11.8. The number of carbonyl (C=O) groups is 2. The summed E-state index contributed by atoms with van der Waals surface area (Å²) in [5.74, 6) is -1.61. The highest BCUT2D eigenvalue weighted by atomic mass is 32.2. The quantitative estimate of drug-likeness (QED) is 0.409. The highest BCUT2D eigenvalue weighted by Gasteiger charge is 2.33. The molecule has 2 N–H and O–H groups in total. The van der Waals surface area contributed by atoms with Crippen LogP contribution in [0.4, 0.5) is 18.9 Å². The molecule has 0 spiro atoms. The van der Waals surface area contributed by atoms with Gasteiger partial charge < -0.3 is 29.4 Å². The van der Waals surface area contributed by atoms with Crippen LogP contribution in [0.5, 0.6) is 5.75 Å². The van der Waals surface area contributed by atoms with Crippen LogP contribution in [0.25, 0.3) is 0 Å². The number of likely N-dealkylation sites (N-methyl/N-ethyl adjacent to an activating group) is 1. The molecule has 2 aromatic rings. The van der Waals surface area contributed by atoms with E-state index in [0.717, 1.165) is 0 Å². The summed E-state index contributed by atoms with van der Waals surface area (Å²) in [7, 11) is -0.835. The maximum absolute atomic E-state index is 14.1. The highest BCUT2D eigenvalue weighted by molar-refractivity contribution is 7.89. The van der Waals surface area contributed by atoms with E-state index in [1.54, 1.807) is 14.0 Å².